The Kier molecular flexibility index (Phi) is 2.38. The van der Waals surface area contributed by atoms with Crippen molar-refractivity contribution >= 4 is 4.56 Å². The first kappa shape index (κ1) is 5.09. The Morgan fingerprint density at radius 2 is 2.20 bits per heavy atom. The molecule has 0 aromatic rings. The zero-order chi connectivity index (χ0) is 4.28. The first-order chi connectivity index (χ1) is 2.27. The van der Waals surface area contributed by atoms with Crippen molar-refractivity contribution in [2.45, 2.75) is 5.52 Å². The SMILES string of the molecule is [CH3][Zn][C](=O)O. The van der Waals surface area contributed by atoms with Gasteiger partial charge in [-0.15, -0.1) is 0 Å². The Bertz CT molecular complexity index is 42.9. The van der Waals surface area contributed by atoms with Crippen LogP contribution in [0.3, 0.4) is 0 Å². The van der Waals surface area contributed by atoms with Gasteiger partial charge in [0.25, 0.3) is 0 Å². The van der Waals surface area contributed by atoms with E-state index in [1.165, 1.54) is 0 Å². The Morgan fingerprint density at radius 3 is 2.20 bits per heavy atom. The van der Waals surface area contributed by atoms with Gasteiger partial charge in [-0.25, -0.2) is 0 Å². The van der Waals surface area contributed by atoms with Crippen molar-refractivity contribution < 1.29 is 27.0 Å². The van der Waals surface area contributed by atoms with Gasteiger partial charge in [-0.1, -0.05) is 0 Å². The number of rotatable bonds is 1. The van der Waals surface area contributed by atoms with Gasteiger partial charge in [-0.05, 0) is 0 Å². The monoisotopic (exact) mass is 124 g/mol. The summed E-state index contributed by atoms with van der Waals surface area (Å²) in [6.07, 6.45) is 0. The molecule has 0 saturated heterocycles. The average Bonchev–Trinajstić information content (AvgIpc) is 1.38. The predicted molar refractivity (Wildman–Crippen MR) is 13.9 cm³/mol. The van der Waals surface area contributed by atoms with Crippen LogP contribution in [-0.2, 0) is 17.1 Å². The molecule has 0 saturated carbocycles. The van der Waals surface area contributed by atoms with Gasteiger partial charge >= 0.3 is 37.1 Å². The number of carbonyl (C=O) groups is 1. The van der Waals surface area contributed by atoms with Crippen molar-refractivity contribution in [3.63, 3.8) is 0 Å². The fourth-order valence-electron chi connectivity index (χ4n) is 0. The Balaban J connectivity index is 2.85. The third-order valence-corrected chi connectivity index (χ3v) is 1.57. The summed E-state index contributed by atoms with van der Waals surface area (Å²) in [4.78, 5) is 9.45. The van der Waals surface area contributed by atoms with Crippen LogP contribution >= 0.6 is 0 Å². The van der Waals surface area contributed by atoms with E-state index in [2.05, 4.69) is 0 Å². The minimum atomic E-state index is -1.07. The zero-order valence-electron chi connectivity index (χ0n) is 3.06. The molecular formula is C2H4O2Zn. The van der Waals surface area contributed by atoms with Gasteiger partial charge in [-0.3, -0.25) is 0 Å². The number of hydrogen-bond donors (Lipinski definition) is 1. The van der Waals surface area contributed by atoms with Crippen LogP contribution < -0.4 is 0 Å². The molecule has 0 bridgehead atoms. The summed E-state index contributed by atoms with van der Waals surface area (Å²) >= 11 is -1.07. The van der Waals surface area contributed by atoms with Gasteiger partial charge in [-0.2, -0.15) is 0 Å². The van der Waals surface area contributed by atoms with Gasteiger partial charge in [0.2, 0.25) is 0 Å². The van der Waals surface area contributed by atoms with Crippen molar-refractivity contribution in [2.75, 3.05) is 0 Å². The zero-order valence-corrected chi connectivity index (χ0v) is 6.03. The van der Waals surface area contributed by atoms with Crippen LogP contribution in [0, 0.1) is 0 Å². The van der Waals surface area contributed by atoms with Gasteiger partial charge in [0.1, 0.15) is 0 Å². The van der Waals surface area contributed by atoms with Crippen LogP contribution in [-0.4, -0.2) is 9.67 Å². The summed E-state index contributed by atoms with van der Waals surface area (Å²) < 4.78 is -0.558. The molecule has 0 heterocycles. The molecule has 2 nitrogen and oxygen atoms in total. The fraction of sp³-hybridized carbons (Fsp3) is 0.500. The van der Waals surface area contributed by atoms with Crippen molar-refractivity contribution in [3.05, 3.63) is 0 Å². The van der Waals surface area contributed by atoms with E-state index in [9.17, 15) is 4.79 Å². The maximum atomic E-state index is 9.45. The third-order valence-electron chi connectivity index (χ3n) is 0.302. The van der Waals surface area contributed by atoms with Crippen molar-refractivity contribution in [1.29, 1.82) is 0 Å². The van der Waals surface area contributed by atoms with Crippen molar-refractivity contribution in [3.8, 4) is 0 Å². The Hall–Kier alpha value is 0.0934. The first-order valence-corrected chi connectivity index (χ1v) is 5.94. The summed E-state index contributed by atoms with van der Waals surface area (Å²) in [7, 11) is 0. The summed E-state index contributed by atoms with van der Waals surface area (Å²) in [5, 5.41) is 7.81. The van der Waals surface area contributed by atoms with E-state index in [0.717, 1.165) is 0 Å². The van der Waals surface area contributed by atoms with Crippen LogP contribution in [0.15, 0.2) is 0 Å². The fourth-order valence-corrected chi connectivity index (χ4v) is 0. The van der Waals surface area contributed by atoms with E-state index in [1.54, 1.807) is 5.52 Å². The molecule has 0 amide bonds. The predicted octanol–water partition coefficient (Wildman–Crippen LogP) is 0.795. The molecule has 0 fully saturated rings. The van der Waals surface area contributed by atoms with E-state index >= 15 is 0 Å². The standard InChI is InChI=1S/CHO2.CH3.Zn/c2-1-3;;/h(H,2,3);1H3;. The summed E-state index contributed by atoms with van der Waals surface area (Å²) in [5.74, 6) is 0. The van der Waals surface area contributed by atoms with E-state index in [-0.39, 0.29) is 0 Å². The molecule has 1 N–H and O–H groups in total. The van der Waals surface area contributed by atoms with Crippen LogP contribution in [0.4, 0.5) is 4.79 Å². The van der Waals surface area contributed by atoms with Crippen LogP contribution in [0.5, 0.6) is 0 Å². The van der Waals surface area contributed by atoms with Gasteiger partial charge in [0.05, 0.1) is 0 Å². The van der Waals surface area contributed by atoms with Crippen molar-refractivity contribution in [1.82, 2.24) is 0 Å². The van der Waals surface area contributed by atoms with E-state index in [0.29, 0.717) is 0 Å². The topological polar surface area (TPSA) is 37.3 Å². The molecule has 26 valence electrons. The van der Waals surface area contributed by atoms with Gasteiger partial charge in [0.15, 0.2) is 0 Å². The third kappa shape index (κ3) is 4.09. The summed E-state index contributed by atoms with van der Waals surface area (Å²) in [6.45, 7) is 0. The normalized spacial score (nSPS) is 5.80. The molecule has 5 heavy (non-hydrogen) atoms. The van der Waals surface area contributed by atoms with E-state index in [1.807, 2.05) is 0 Å². The van der Waals surface area contributed by atoms with Crippen LogP contribution in [0.2, 0.25) is 5.52 Å². The molecule has 0 radical (unpaired) electrons. The molecule has 0 rings (SSSR count). The second-order valence-electron chi connectivity index (χ2n) is 0.747. The molecule has 0 spiro atoms. The molecule has 0 aromatic carbocycles. The molecule has 0 aliphatic rings. The first-order valence-electron chi connectivity index (χ1n) is 1.49. The van der Waals surface area contributed by atoms with Gasteiger partial charge < -0.3 is 0 Å². The second-order valence-corrected chi connectivity index (χ2v) is 3.50. The quantitative estimate of drug-likeness (QED) is 0.526. The molecule has 3 heteroatoms. The molecule has 0 unspecified atom stereocenters. The second kappa shape index (κ2) is 2.34. The van der Waals surface area contributed by atoms with Crippen molar-refractivity contribution in [2.24, 2.45) is 0 Å². The van der Waals surface area contributed by atoms with E-state index < -0.39 is 21.7 Å². The summed E-state index contributed by atoms with van der Waals surface area (Å²) in [5.41, 5.74) is 1.79. The van der Waals surface area contributed by atoms with E-state index in [4.69, 9.17) is 5.11 Å². The van der Waals surface area contributed by atoms with Crippen LogP contribution in [0.25, 0.3) is 0 Å². The molecular weight excluding hydrogens is 121 g/mol. The minimum absolute atomic E-state index is 0.558. The Morgan fingerprint density at radius 1 is 2.00 bits per heavy atom. The van der Waals surface area contributed by atoms with Gasteiger partial charge in [0, 0.05) is 0 Å². The number of carboxylic acid groups (broad SMARTS) is 1. The molecule has 0 aliphatic carbocycles. The number of hydrogen-bond acceptors (Lipinski definition) is 1. The Labute approximate surface area is 37.8 Å². The average molecular weight is 125 g/mol. The maximum absolute atomic E-state index is 9.45. The van der Waals surface area contributed by atoms with Crippen LogP contribution in [0.1, 0.15) is 0 Å². The molecule has 0 aromatic heterocycles. The molecule has 0 atom stereocenters. The summed E-state index contributed by atoms with van der Waals surface area (Å²) in [6, 6.07) is 0. The molecule has 0 aliphatic heterocycles.